The second-order valence-electron chi connectivity index (χ2n) is 2.56. The summed E-state index contributed by atoms with van der Waals surface area (Å²) >= 11 is 1.74. The Morgan fingerprint density at radius 3 is 2.53 bits per heavy atom. The number of hydrogen-bond acceptors (Lipinski definition) is 2. The van der Waals surface area contributed by atoms with Gasteiger partial charge in [-0.3, -0.25) is 0 Å². The molecule has 0 saturated carbocycles. The summed E-state index contributed by atoms with van der Waals surface area (Å²) in [6.45, 7) is 0. The van der Waals surface area contributed by atoms with Gasteiger partial charge in [0.25, 0.3) is 0 Å². The smallest absolute Gasteiger partial charge is 0.211 e. The van der Waals surface area contributed by atoms with Gasteiger partial charge in [0.1, 0.15) is 11.6 Å². The monoisotopic (exact) mass is 324 g/mol. The number of guanidine groups is 1. The van der Waals surface area contributed by atoms with Crippen molar-refractivity contribution in [3.05, 3.63) is 32.9 Å². The third-order valence-electron chi connectivity index (χ3n) is 1.41. The molecule has 0 aliphatic carbocycles. The van der Waals surface area contributed by atoms with Crippen molar-refractivity contribution in [2.24, 2.45) is 21.7 Å². The van der Waals surface area contributed by atoms with Gasteiger partial charge >= 0.3 is 0 Å². The highest BCUT2D eigenvalue weighted by Crippen LogP contribution is 2.15. The van der Waals surface area contributed by atoms with E-state index in [2.05, 4.69) is 10.2 Å². The third kappa shape index (κ3) is 3.42. The van der Waals surface area contributed by atoms with Crippen LogP contribution in [0.25, 0.3) is 0 Å². The summed E-state index contributed by atoms with van der Waals surface area (Å²) in [5.74, 6) is -1.57. The highest BCUT2D eigenvalue weighted by Gasteiger charge is 2.05. The van der Waals surface area contributed by atoms with Crippen LogP contribution in [0, 0.1) is 15.2 Å². The SMILES string of the molecule is NC(N)=NN=Cc1cc(I)c(F)cc1F. The maximum absolute atomic E-state index is 13.1. The molecule has 15 heavy (non-hydrogen) atoms. The Morgan fingerprint density at radius 2 is 1.93 bits per heavy atom. The third-order valence-corrected chi connectivity index (χ3v) is 2.24. The first kappa shape index (κ1) is 11.8. The topological polar surface area (TPSA) is 76.8 Å². The van der Waals surface area contributed by atoms with E-state index < -0.39 is 11.6 Å². The number of benzene rings is 1. The van der Waals surface area contributed by atoms with Gasteiger partial charge in [-0.1, -0.05) is 0 Å². The molecule has 0 aromatic heterocycles. The molecule has 4 nitrogen and oxygen atoms in total. The van der Waals surface area contributed by atoms with Gasteiger partial charge in [-0.25, -0.2) is 8.78 Å². The Kier molecular flexibility index (Phi) is 3.95. The summed E-state index contributed by atoms with van der Waals surface area (Å²) in [5, 5.41) is 6.71. The minimum absolute atomic E-state index is 0.116. The van der Waals surface area contributed by atoms with Crippen LogP contribution in [0.15, 0.2) is 22.3 Å². The van der Waals surface area contributed by atoms with Crippen molar-refractivity contribution in [3.8, 4) is 0 Å². The van der Waals surface area contributed by atoms with Gasteiger partial charge in [0.2, 0.25) is 5.96 Å². The number of nitrogens with two attached hydrogens (primary N) is 2. The average Bonchev–Trinajstić information content (AvgIpc) is 2.13. The zero-order chi connectivity index (χ0) is 11.4. The fraction of sp³-hybridized carbons (Fsp3) is 0. The lowest BCUT2D eigenvalue weighted by Gasteiger charge is -1.98. The van der Waals surface area contributed by atoms with Crippen LogP contribution in [-0.4, -0.2) is 12.2 Å². The standard InChI is InChI=1S/C8H7F2IN4/c9-5-2-6(10)7(11)1-4(5)3-14-15-8(12)13/h1-3H,(H4,12,13,15). The molecule has 7 heteroatoms. The van der Waals surface area contributed by atoms with Crippen molar-refractivity contribution in [1.82, 2.24) is 0 Å². The predicted molar refractivity (Wildman–Crippen MR) is 62.5 cm³/mol. The van der Waals surface area contributed by atoms with Crippen LogP contribution >= 0.6 is 22.6 Å². The Bertz CT molecular complexity index is 427. The molecule has 80 valence electrons. The normalized spacial score (nSPS) is 10.6. The molecule has 0 fully saturated rings. The molecule has 1 rings (SSSR count). The molecule has 0 aliphatic rings. The first-order chi connectivity index (χ1) is 7.00. The van der Waals surface area contributed by atoms with E-state index in [9.17, 15) is 8.78 Å². The molecule has 0 aliphatic heterocycles. The lowest BCUT2D eigenvalue weighted by Crippen LogP contribution is -2.21. The maximum Gasteiger partial charge on any atom is 0.211 e. The first-order valence-electron chi connectivity index (χ1n) is 3.77. The van der Waals surface area contributed by atoms with Crippen molar-refractivity contribution in [2.45, 2.75) is 0 Å². The summed E-state index contributed by atoms with van der Waals surface area (Å²) < 4.78 is 26.3. The van der Waals surface area contributed by atoms with Crippen molar-refractivity contribution >= 4 is 34.8 Å². The van der Waals surface area contributed by atoms with Gasteiger partial charge < -0.3 is 11.5 Å². The first-order valence-corrected chi connectivity index (χ1v) is 4.85. The van der Waals surface area contributed by atoms with Crippen molar-refractivity contribution < 1.29 is 8.78 Å². The molecule has 1 aromatic carbocycles. The van der Waals surface area contributed by atoms with E-state index in [4.69, 9.17) is 11.5 Å². The highest BCUT2D eigenvalue weighted by atomic mass is 127. The molecule has 0 bridgehead atoms. The molecule has 0 spiro atoms. The highest BCUT2D eigenvalue weighted by molar-refractivity contribution is 14.1. The van der Waals surface area contributed by atoms with E-state index in [1.165, 1.54) is 6.07 Å². The van der Waals surface area contributed by atoms with Gasteiger partial charge in [-0.15, -0.1) is 5.10 Å². The average molecular weight is 324 g/mol. The van der Waals surface area contributed by atoms with E-state index in [-0.39, 0.29) is 11.5 Å². The quantitative estimate of drug-likeness (QED) is 0.282. The van der Waals surface area contributed by atoms with E-state index in [0.29, 0.717) is 3.57 Å². The van der Waals surface area contributed by atoms with Gasteiger partial charge in [-0.2, -0.15) is 5.10 Å². The van der Waals surface area contributed by atoms with Crippen molar-refractivity contribution in [2.75, 3.05) is 0 Å². The van der Waals surface area contributed by atoms with E-state index in [0.717, 1.165) is 12.3 Å². The Hall–Kier alpha value is -1.25. The molecule has 0 radical (unpaired) electrons. The van der Waals surface area contributed by atoms with Crippen LogP contribution in [0.1, 0.15) is 5.56 Å². The second-order valence-corrected chi connectivity index (χ2v) is 3.72. The number of halogens is 3. The number of rotatable bonds is 2. The van der Waals surface area contributed by atoms with Gasteiger partial charge in [-0.05, 0) is 28.7 Å². The van der Waals surface area contributed by atoms with Gasteiger partial charge in [0.15, 0.2) is 0 Å². The summed E-state index contributed by atoms with van der Waals surface area (Å²) in [5.41, 5.74) is 10.1. The maximum atomic E-state index is 13.1. The lowest BCUT2D eigenvalue weighted by atomic mass is 10.2. The number of nitrogens with zero attached hydrogens (tertiary/aromatic N) is 2. The molecule has 0 heterocycles. The van der Waals surface area contributed by atoms with Crippen molar-refractivity contribution in [1.29, 1.82) is 0 Å². The molecule has 4 N–H and O–H groups in total. The summed E-state index contributed by atoms with van der Waals surface area (Å²) in [7, 11) is 0. The van der Waals surface area contributed by atoms with Crippen LogP contribution in [0.3, 0.4) is 0 Å². The van der Waals surface area contributed by atoms with Crippen LogP contribution in [0.4, 0.5) is 8.78 Å². The fourth-order valence-electron chi connectivity index (χ4n) is 0.795. The minimum atomic E-state index is -0.720. The zero-order valence-electron chi connectivity index (χ0n) is 7.42. The zero-order valence-corrected chi connectivity index (χ0v) is 9.57. The minimum Gasteiger partial charge on any atom is -0.369 e. The fourth-order valence-corrected chi connectivity index (χ4v) is 1.29. The van der Waals surface area contributed by atoms with Crippen LogP contribution in [0.5, 0.6) is 0 Å². The van der Waals surface area contributed by atoms with Crippen LogP contribution < -0.4 is 11.5 Å². The molecule has 0 atom stereocenters. The lowest BCUT2D eigenvalue weighted by molar-refractivity contribution is 0.577. The summed E-state index contributed by atoms with van der Waals surface area (Å²) in [4.78, 5) is 0. The van der Waals surface area contributed by atoms with Crippen LogP contribution in [0.2, 0.25) is 0 Å². The second kappa shape index (κ2) is 5.01. The molecule has 0 saturated heterocycles. The molecule has 0 unspecified atom stereocenters. The largest absolute Gasteiger partial charge is 0.369 e. The van der Waals surface area contributed by atoms with E-state index in [1.807, 2.05) is 0 Å². The van der Waals surface area contributed by atoms with Gasteiger partial charge in [0, 0.05) is 15.2 Å². The molecule has 1 aromatic rings. The predicted octanol–water partition coefficient (Wildman–Crippen LogP) is 1.18. The van der Waals surface area contributed by atoms with E-state index in [1.54, 1.807) is 22.6 Å². The molecular formula is C8H7F2IN4. The van der Waals surface area contributed by atoms with Gasteiger partial charge in [0.05, 0.1) is 6.21 Å². The Labute approximate surface area is 98.2 Å². The summed E-state index contributed by atoms with van der Waals surface area (Å²) in [6.07, 6.45) is 1.11. The Morgan fingerprint density at radius 1 is 1.27 bits per heavy atom. The molecular weight excluding hydrogens is 317 g/mol. The van der Waals surface area contributed by atoms with Crippen LogP contribution in [-0.2, 0) is 0 Å². The number of hydrogen-bond donors (Lipinski definition) is 2. The van der Waals surface area contributed by atoms with Crippen molar-refractivity contribution in [3.63, 3.8) is 0 Å². The Balaban J connectivity index is 3.01. The summed E-state index contributed by atoms with van der Waals surface area (Å²) in [6, 6.07) is 2.08. The molecule has 0 amide bonds. The van der Waals surface area contributed by atoms with E-state index >= 15 is 0 Å².